The average Bonchev–Trinajstić information content (AvgIpc) is 3.31. The Labute approximate surface area is 168 Å². The Morgan fingerprint density at radius 1 is 1.12 bits per heavy atom. The molecular formula is C17H21IN4O4. The summed E-state index contributed by atoms with van der Waals surface area (Å²) in [5.41, 5.74) is 1.02. The summed E-state index contributed by atoms with van der Waals surface area (Å²) in [5.74, 6) is 2.57. The fourth-order valence-electron chi connectivity index (χ4n) is 2.28. The summed E-state index contributed by atoms with van der Waals surface area (Å²) in [6.07, 6.45) is 1.57. The molecule has 1 amide bonds. The number of amides is 1. The van der Waals surface area contributed by atoms with Crippen molar-refractivity contribution in [3.05, 3.63) is 47.9 Å². The number of furan rings is 1. The van der Waals surface area contributed by atoms with Crippen molar-refractivity contribution in [2.75, 3.05) is 20.4 Å². The number of rotatable bonds is 6. The van der Waals surface area contributed by atoms with E-state index >= 15 is 0 Å². The Hall–Kier alpha value is -2.43. The van der Waals surface area contributed by atoms with Crippen LogP contribution in [0, 0.1) is 0 Å². The topological polar surface area (TPSA) is 97.1 Å². The summed E-state index contributed by atoms with van der Waals surface area (Å²) >= 11 is 0. The van der Waals surface area contributed by atoms with Crippen molar-refractivity contribution in [3.63, 3.8) is 0 Å². The second-order valence-corrected chi connectivity index (χ2v) is 5.32. The van der Waals surface area contributed by atoms with Crippen LogP contribution in [0.25, 0.3) is 0 Å². The number of fused-ring (bicyclic) bond motifs is 1. The van der Waals surface area contributed by atoms with Gasteiger partial charge in [0.1, 0.15) is 5.76 Å². The van der Waals surface area contributed by atoms with Gasteiger partial charge in [-0.1, -0.05) is 6.07 Å². The minimum atomic E-state index is -0.151. The van der Waals surface area contributed by atoms with E-state index in [1.165, 1.54) is 0 Å². The quantitative estimate of drug-likeness (QED) is 0.336. The molecule has 140 valence electrons. The van der Waals surface area contributed by atoms with Crippen LogP contribution in [0.5, 0.6) is 11.5 Å². The highest BCUT2D eigenvalue weighted by atomic mass is 127. The summed E-state index contributed by atoms with van der Waals surface area (Å²) in [5, 5.41) is 8.87. The van der Waals surface area contributed by atoms with Gasteiger partial charge in [0.15, 0.2) is 17.5 Å². The second kappa shape index (κ2) is 9.90. The van der Waals surface area contributed by atoms with Crippen LogP contribution in [-0.2, 0) is 17.9 Å². The smallest absolute Gasteiger partial charge is 0.239 e. The summed E-state index contributed by atoms with van der Waals surface area (Å²) < 4.78 is 15.8. The Morgan fingerprint density at radius 2 is 1.96 bits per heavy atom. The number of ether oxygens (including phenoxy) is 2. The second-order valence-electron chi connectivity index (χ2n) is 5.32. The first-order valence-electron chi connectivity index (χ1n) is 7.87. The van der Waals surface area contributed by atoms with Crippen molar-refractivity contribution in [1.82, 2.24) is 16.0 Å². The Balaban J connectivity index is 0.00000243. The van der Waals surface area contributed by atoms with Crippen LogP contribution >= 0.6 is 24.0 Å². The normalized spacial score (nSPS) is 12.3. The zero-order chi connectivity index (χ0) is 17.5. The van der Waals surface area contributed by atoms with E-state index in [9.17, 15) is 4.79 Å². The van der Waals surface area contributed by atoms with Gasteiger partial charge < -0.3 is 29.8 Å². The third-order valence-corrected chi connectivity index (χ3v) is 3.58. The summed E-state index contributed by atoms with van der Waals surface area (Å²) in [7, 11) is 1.65. The molecule has 0 aliphatic carbocycles. The number of carbonyl (C=O) groups excluding carboxylic acids is 1. The highest BCUT2D eigenvalue weighted by molar-refractivity contribution is 14.0. The minimum Gasteiger partial charge on any atom is -0.467 e. The molecule has 0 unspecified atom stereocenters. The molecule has 8 nitrogen and oxygen atoms in total. The molecule has 0 atom stereocenters. The predicted octanol–water partition coefficient (Wildman–Crippen LogP) is 1.61. The van der Waals surface area contributed by atoms with E-state index < -0.39 is 0 Å². The first-order valence-corrected chi connectivity index (χ1v) is 7.87. The lowest BCUT2D eigenvalue weighted by molar-refractivity contribution is -0.120. The number of guanidine groups is 1. The van der Waals surface area contributed by atoms with Crippen molar-refractivity contribution in [1.29, 1.82) is 0 Å². The standard InChI is InChI=1S/C17H20N4O4.HI/c1-18-17(21-10-16(22)19-9-13-3-2-6-23-13)20-8-12-4-5-14-15(7-12)25-11-24-14;/h2-7H,8-11H2,1H3,(H,19,22)(H2,18,20,21);1H. The predicted molar refractivity (Wildman–Crippen MR) is 107 cm³/mol. The van der Waals surface area contributed by atoms with Gasteiger partial charge in [-0.05, 0) is 29.8 Å². The number of carbonyl (C=O) groups is 1. The van der Waals surface area contributed by atoms with Crippen molar-refractivity contribution in [2.24, 2.45) is 4.99 Å². The highest BCUT2D eigenvalue weighted by Crippen LogP contribution is 2.32. The molecule has 1 aromatic carbocycles. The molecule has 26 heavy (non-hydrogen) atoms. The molecular weight excluding hydrogens is 451 g/mol. The molecule has 3 N–H and O–H groups in total. The Kier molecular flexibility index (Phi) is 7.57. The maximum atomic E-state index is 11.8. The fraction of sp³-hybridized carbons (Fsp3) is 0.294. The number of benzene rings is 1. The number of hydrogen-bond donors (Lipinski definition) is 3. The number of nitrogens with one attached hydrogen (secondary N) is 3. The van der Waals surface area contributed by atoms with Crippen LogP contribution in [0.3, 0.4) is 0 Å². The maximum Gasteiger partial charge on any atom is 0.239 e. The highest BCUT2D eigenvalue weighted by Gasteiger charge is 2.13. The molecule has 1 aliphatic rings. The number of halogens is 1. The van der Waals surface area contributed by atoms with Crippen molar-refractivity contribution < 1.29 is 18.7 Å². The Bertz CT molecular complexity index is 749. The molecule has 0 fully saturated rings. The van der Waals surface area contributed by atoms with Crippen molar-refractivity contribution in [2.45, 2.75) is 13.1 Å². The van der Waals surface area contributed by atoms with Gasteiger partial charge in [0.2, 0.25) is 12.7 Å². The molecule has 1 aliphatic heterocycles. The monoisotopic (exact) mass is 472 g/mol. The lowest BCUT2D eigenvalue weighted by atomic mass is 10.2. The van der Waals surface area contributed by atoms with Gasteiger partial charge in [-0.3, -0.25) is 9.79 Å². The van der Waals surface area contributed by atoms with E-state index in [0.717, 1.165) is 17.1 Å². The average molecular weight is 472 g/mol. The summed E-state index contributed by atoms with van der Waals surface area (Å²) in [4.78, 5) is 15.9. The van der Waals surface area contributed by atoms with E-state index in [1.54, 1.807) is 25.4 Å². The summed E-state index contributed by atoms with van der Waals surface area (Å²) in [6, 6.07) is 9.32. The Morgan fingerprint density at radius 3 is 2.73 bits per heavy atom. The van der Waals surface area contributed by atoms with Crippen molar-refractivity contribution in [3.8, 4) is 11.5 Å². The molecule has 3 rings (SSSR count). The molecule has 0 spiro atoms. The lowest BCUT2D eigenvalue weighted by Gasteiger charge is -2.12. The van der Waals surface area contributed by atoms with Crippen LogP contribution in [-0.4, -0.2) is 32.3 Å². The minimum absolute atomic E-state index is 0. The number of hydrogen-bond acceptors (Lipinski definition) is 5. The largest absolute Gasteiger partial charge is 0.467 e. The van der Waals surface area contributed by atoms with E-state index in [0.29, 0.717) is 24.8 Å². The van der Waals surface area contributed by atoms with Gasteiger partial charge in [-0.15, -0.1) is 24.0 Å². The van der Waals surface area contributed by atoms with Gasteiger partial charge >= 0.3 is 0 Å². The fourth-order valence-corrected chi connectivity index (χ4v) is 2.28. The first kappa shape index (κ1) is 19.9. The molecule has 2 aromatic rings. The van der Waals surface area contributed by atoms with E-state index in [2.05, 4.69) is 20.9 Å². The number of nitrogens with zero attached hydrogens (tertiary/aromatic N) is 1. The van der Waals surface area contributed by atoms with Crippen LogP contribution in [0.1, 0.15) is 11.3 Å². The molecule has 9 heteroatoms. The van der Waals surface area contributed by atoms with Gasteiger partial charge in [0.25, 0.3) is 0 Å². The van der Waals surface area contributed by atoms with E-state index in [-0.39, 0.29) is 43.2 Å². The van der Waals surface area contributed by atoms with Gasteiger partial charge in [-0.2, -0.15) is 0 Å². The van der Waals surface area contributed by atoms with E-state index in [1.807, 2.05) is 18.2 Å². The zero-order valence-electron chi connectivity index (χ0n) is 14.3. The molecule has 2 heterocycles. The van der Waals surface area contributed by atoms with Crippen LogP contribution < -0.4 is 25.4 Å². The zero-order valence-corrected chi connectivity index (χ0v) is 16.6. The maximum absolute atomic E-state index is 11.8. The summed E-state index contributed by atoms with van der Waals surface area (Å²) in [6.45, 7) is 1.27. The molecule has 1 aromatic heterocycles. The van der Waals surface area contributed by atoms with Crippen LogP contribution in [0.2, 0.25) is 0 Å². The van der Waals surface area contributed by atoms with E-state index in [4.69, 9.17) is 13.9 Å². The SMILES string of the molecule is CN=C(NCC(=O)NCc1ccco1)NCc1ccc2c(c1)OCO2.I. The third kappa shape index (κ3) is 5.55. The molecule has 0 saturated carbocycles. The van der Waals surface area contributed by atoms with Gasteiger partial charge in [0.05, 0.1) is 19.4 Å². The first-order chi connectivity index (χ1) is 12.2. The third-order valence-electron chi connectivity index (χ3n) is 3.58. The van der Waals surface area contributed by atoms with Crippen LogP contribution in [0.15, 0.2) is 46.0 Å². The molecule has 0 bridgehead atoms. The van der Waals surface area contributed by atoms with Gasteiger partial charge in [-0.25, -0.2) is 0 Å². The molecule has 0 saturated heterocycles. The van der Waals surface area contributed by atoms with Gasteiger partial charge in [0, 0.05) is 13.6 Å². The lowest BCUT2D eigenvalue weighted by Crippen LogP contribution is -2.42. The number of aliphatic imine (C=N–C) groups is 1. The van der Waals surface area contributed by atoms with Crippen molar-refractivity contribution >= 4 is 35.8 Å². The molecule has 0 radical (unpaired) electrons. The van der Waals surface area contributed by atoms with Crippen LogP contribution in [0.4, 0.5) is 0 Å².